The molecule has 0 fully saturated rings. The van der Waals surface area contributed by atoms with E-state index in [0.29, 0.717) is 34.3 Å². The summed E-state index contributed by atoms with van der Waals surface area (Å²) in [6.07, 6.45) is 0. The molecular weight excluding hydrogens is 495 g/mol. The quantitative estimate of drug-likeness (QED) is 0.366. The first kappa shape index (κ1) is 26.1. The van der Waals surface area contributed by atoms with E-state index in [1.807, 2.05) is 19.9 Å². The number of thioether (sulfide) groups is 1. The number of nitrogens with zero attached hydrogens (tertiary/aromatic N) is 1. The molecule has 34 heavy (non-hydrogen) atoms. The maximum Gasteiger partial charge on any atom is 0.264 e. The van der Waals surface area contributed by atoms with Gasteiger partial charge in [-0.1, -0.05) is 48.0 Å². The summed E-state index contributed by atoms with van der Waals surface area (Å²) in [5.74, 6) is 0.105. The van der Waals surface area contributed by atoms with E-state index in [4.69, 9.17) is 11.6 Å². The fourth-order valence-electron chi connectivity index (χ4n) is 3.32. The molecule has 0 aliphatic rings. The predicted octanol–water partition coefficient (Wildman–Crippen LogP) is 5.34. The number of carbonyl (C=O) groups excluding carboxylic acids is 1. The molecule has 0 aliphatic heterocycles. The molecule has 0 aliphatic carbocycles. The zero-order valence-electron chi connectivity index (χ0n) is 18.9. The van der Waals surface area contributed by atoms with Crippen LogP contribution in [0.15, 0.2) is 71.6 Å². The normalized spacial score (nSPS) is 11.3. The molecule has 3 aromatic rings. The van der Waals surface area contributed by atoms with Crippen LogP contribution in [0, 0.1) is 19.7 Å². The molecule has 3 aromatic carbocycles. The Hall–Kier alpha value is -2.55. The van der Waals surface area contributed by atoms with Gasteiger partial charge in [0.05, 0.1) is 10.6 Å². The number of sulfonamides is 1. The molecule has 0 unspecified atom stereocenters. The lowest BCUT2D eigenvalue weighted by Crippen LogP contribution is -2.41. The average molecular weight is 521 g/mol. The second-order valence-electron chi connectivity index (χ2n) is 7.65. The second kappa shape index (κ2) is 11.7. The van der Waals surface area contributed by atoms with Crippen LogP contribution < -0.4 is 9.62 Å². The lowest BCUT2D eigenvalue weighted by molar-refractivity contribution is -0.119. The Labute approximate surface area is 209 Å². The number of halogens is 2. The highest BCUT2D eigenvalue weighted by Gasteiger charge is 2.28. The zero-order chi connectivity index (χ0) is 24.7. The van der Waals surface area contributed by atoms with Crippen molar-refractivity contribution in [2.75, 3.05) is 23.1 Å². The smallest absolute Gasteiger partial charge is 0.264 e. The van der Waals surface area contributed by atoms with Crippen LogP contribution in [0.2, 0.25) is 5.02 Å². The molecular formula is C25H26ClFN2O3S2. The molecule has 0 atom stereocenters. The summed E-state index contributed by atoms with van der Waals surface area (Å²) >= 11 is 7.47. The summed E-state index contributed by atoms with van der Waals surface area (Å²) in [7, 11) is -3.96. The zero-order valence-corrected chi connectivity index (χ0v) is 21.3. The van der Waals surface area contributed by atoms with Crippen molar-refractivity contribution in [3.05, 3.63) is 94.3 Å². The maximum atomic E-state index is 13.9. The number of rotatable bonds is 10. The van der Waals surface area contributed by atoms with E-state index in [0.717, 1.165) is 15.4 Å². The molecule has 0 heterocycles. The minimum atomic E-state index is -3.96. The van der Waals surface area contributed by atoms with Crippen LogP contribution >= 0.6 is 23.4 Å². The van der Waals surface area contributed by atoms with Crippen LogP contribution in [-0.4, -0.2) is 33.2 Å². The molecule has 0 radical (unpaired) electrons. The van der Waals surface area contributed by atoms with E-state index in [2.05, 4.69) is 5.32 Å². The maximum absolute atomic E-state index is 13.9. The van der Waals surface area contributed by atoms with Gasteiger partial charge in [0, 0.05) is 28.6 Å². The number of hydrogen-bond acceptors (Lipinski definition) is 4. The van der Waals surface area contributed by atoms with Gasteiger partial charge in [-0.05, 0) is 55.3 Å². The summed E-state index contributed by atoms with van der Waals surface area (Å²) in [4.78, 5) is 12.8. The summed E-state index contributed by atoms with van der Waals surface area (Å²) < 4.78 is 41.9. The Morgan fingerprint density at radius 1 is 1.03 bits per heavy atom. The van der Waals surface area contributed by atoms with Crippen molar-refractivity contribution in [3.8, 4) is 0 Å². The van der Waals surface area contributed by atoms with Gasteiger partial charge < -0.3 is 5.32 Å². The van der Waals surface area contributed by atoms with Crippen LogP contribution in [0.4, 0.5) is 10.1 Å². The molecule has 180 valence electrons. The molecule has 0 aromatic heterocycles. The van der Waals surface area contributed by atoms with Crippen LogP contribution in [0.5, 0.6) is 0 Å². The number of amides is 1. The third-order valence-corrected chi connectivity index (χ3v) is 8.45. The van der Waals surface area contributed by atoms with Crippen molar-refractivity contribution >= 4 is 45.0 Å². The van der Waals surface area contributed by atoms with Gasteiger partial charge >= 0.3 is 0 Å². The number of anilines is 1. The summed E-state index contributed by atoms with van der Waals surface area (Å²) in [6.45, 7) is 3.68. The van der Waals surface area contributed by atoms with Crippen molar-refractivity contribution in [3.63, 3.8) is 0 Å². The standard InChI is InChI=1S/C25H26ClFN2O3S2/c1-18-8-6-13-24(19(18)2)29(34(31,32)20-9-4-3-5-10-20)16-25(30)28-14-15-33-17-21-22(26)11-7-12-23(21)27/h3-13H,14-17H2,1-2H3,(H,28,30). The Bertz CT molecular complexity index is 1230. The molecule has 0 bridgehead atoms. The number of benzene rings is 3. The largest absolute Gasteiger partial charge is 0.354 e. The van der Waals surface area contributed by atoms with E-state index >= 15 is 0 Å². The Kier molecular flexibility index (Phi) is 8.99. The van der Waals surface area contributed by atoms with Crippen LogP contribution in [0.25, 0.3) is 0 Å². The monoisotopic (exact) mass is 520 g/mol. The van der Waals surface area contributed by atoms with Crippen molar-refractivity contribution in [1.29, 1.82) is 0 Å². The van der Waals surface area contributed by atoms with Gasteiger partial charge in [-0.2, -0.15) is 11.8 Å². The van der Waals surface area contributed by atoms with Crippen molar-refractivity contribution < 1.29 is 17.6 Å². The topological polar surface area (TPSA) is 66.5 Å². The first-order valence-corrected chi connectivity index (χ1v) is 13.6. The highest BCUT2D eigenvalue weighted by molar-refractivity contribution is 7.98. The fraction of sp³-hybridized carbons (Fsp3) is 0.240. The fourth-order valence-corrected chi connectivity index (χ4v) is 6.02. The van der Waals surface area contributed by atoms with Gasteiger partial charge in [0.15, 0.2) is 0 Å². The van der Waals surface area contributed by atoms with Crippen molar-refractivity contribution in [2.45, 2.75) is 24.5 Å². The third-order valence-electron chi connectivity index (χ3n) is 5.34. The van der Waals surface area contributed by atoms with E-state index in [1.165, 1.54) is 30.0 Å². The molecule has 1 amide bonds. The molecule has 3 rings (SSSR count). The number of nitrogens with one attached hydrogen (secondary N) is 1. The van der Waals surface area contributed by atoms with E-state index in [-0.39, 0.29) is 17.3 Å². The highest BCUT2D eigenvalue weighted by Crippen LogP contribution is 2.28. The molecule has 0 saturated carbocycles. The number of hydrogen-bond donors (Lipinski definition) is 1. The van der Waals surface area contributed by atoms with Gasteiger partial charge in [0.25, 0.3) is 10.0 Å². The lowest BCUT2D eigenvalue weighted by atomic mass is 10.1. The first-order valence-electron chi connectivity index (χ1n) is 10.6. The van der Waals surface area contributed by atoms with Gasteiger partial charge in [0.2, 0.25) is 5.91 Å². The Balaban J connectivity index is 1.68. The van der Waals surface area contributed by atoms with E-state index in [9.17, 15) is 17.6 Å². The lowest BCUT2D eigenvalue weighted by Gasteiger charge is -2.26. The predicted molar refractivity (Wildman–Crippen MR) is 137 cm³/mol. The third kappa shape index (κ3) is 6.31. The summed E-state index contributed by atoms with van der Waals surface area (Å²) in [6, 6.07) is 18.0. The minimum absolute atomic E-state index is 0.112. The van der Waals surface area contributed by atoms with E-state index in [1.54, 1.807) is 42.5 Å². The van der Waals surface area contributed by atoms with Gasteiger partial charge in [-0.3, -0.25) is 9.10 Å². The molecule has 0 saturated heterocycles. The summed E-state index contributed by atoms with van der Waals surface area (Å²) in [5, 5.41) is 3.13. The van der Waals surface area contributed by atoms with Crippen molar-refractivity contribution in [2.24, 2.45) is 0 Å². The first-order chi connectivity index (χ1) is 16.2. The minimum Gasteiger partial charge on any atom is -0.354 e. The molecule has 5 nitrogen and oxygen atoms in total. The number of carbonyl (C=O) groups is 1. The Morgan fingerprint density at radius 3 is 2.44 bits per heavy atom. The highest BCUT2D eigenvalue weighted by atomic mass is 35.5. The van der Waals surface area contributed by atoms with E-state index < -0.39 is 15.9 Å². The average Bonchev–Trinajstić information content (AvgIpc) is 2.81. The van der Waals surface area contributed by atoms with Gasteiger partial charge in [-0.15, -0.1) is 0 Å². The second-order valence-corrected chi connectivity index (χ2v) is 11.0. The summed E-state index contributed by atoms with van der Waals surface area (Å²) in [5.41, 5.74) is 2.60. The van der Waals surface area contributed by atoms with Gasteiger partial charge in [0.1, 0.15) is 12.4 Å². The van der Waals surface area contributed by atoms with Crippen molar-refractivity contribution in [1.82, 2.24) is 5.32 Å². The molecule has 0 spiro atoms. The van der Waals surface area contributed by atoms with Crippen LogP contribution in [-0.2, 0) is 20.6 Å². The molecule has 1 N–H and O–H groups in total. The van der Waals surface area contributed by atoms with Gasteiger partial charge in [-0.25, -0.2) is 12.8 Å². The number of aryl methyl sites for hydroxylation is 1. The molecule has 9 heteroatoms. The Morgan fingerprint density at radius 2 is 1.74 bits per heavy atom. The van der Waals surface area contributed by atoms with Crippen LogP contribution in [0.1, 0.15) is 16.7 Å². The SMILES string of the molecule is Cc1cccc(N(CC(=O)NCCSCc2c(F)cccc2Cl)S(=O)(=O)c2ccccc2)c1C. The van der Waals surface area contributed by atoms with Crippen LogP contribution in [0.3, 0.4) is 0 Å².